The molecule has 1 saturated carbocycles. The van der Waals surface area contributed by atoms with Crippen molar-refractivity contribution < 1.29 is 4.79 Å². The highest BCUT2D eigenvalue weighted by Gasteiger charge is 2.24. The lowest BCUT2D eigenvalue weighted by molar-refractivity contribution is 0.117. The molecule has 0 aromatic carbocycles. The highest BCUT2D eigenvalue weighted by Crippen LogP contribution is 2.17. The molecule has 2 aliphatic rings. The van der Waals surface area contributed by atoms with Crippen molar-refractivity contribution in [2.45, 2.75) is 64.5 Å². The van der Waals surface area contributed by atoms with Gasteiger partial charge in [-0.05, 0) is 26.7 Å². The number of rotatable bonds is 2. The van der Waals surface area contributed by atoms with Crippen molar-refractivity contribution in [3.05, 3.63) is 0 Å². The van der Waals surface area contributed by atoms with Gasteiger partial charge < -0.3 is 10.2 Å². The van der Waals surface area contributed by atoms with Crippen LogP contribution in [0, 0.1) is 0 Å². The standard InChI is InChI=1S/C15H29N3O/c1-13(2)17-9-11-18(12-10-17)15(19)16-14-7-5-3-4-6-8-14/h13-14H,3-12H2,1-2H3,(H,16,19). The van der Waals surface area contributed by atoms with Gasteiger partial charge in [-0.25, -0.2) is 4.79 Å². The third-order valence-corrected chi connectivity index (χ3v) is 4.51. The molecule has 19 heavy (non-hydrogen) atoms. The number of nitrogens with one attached hydrogen (secondary N) is 1. The molecule has 2 fully saturated rings. The normalized spacial score (nSPS) is 23.4. The largest absolute Gasteiger partial charge is 0.335 e. The van der Waals surface area contributed by atoms with Crippen LogP contribution < -0.4 is 5.32 Å². The Morgan fingerprint density at radius 2 is 1.58 bits per heavy atom. The summed E-state index contributed by atoms with van der Waals surface area (Å²) < 4.78 is 0. The first-order valence-electron chi connectivity index (χ1n) is 7.96. The third kappa shape index (κ3) is 4.37. The Morgan fingerprint density at radius 3 is 2.11 bits per heavy atom. The van der Waals surface area contributed by atoms with E-state index in [1.807, 2.05) is 4.90 Å². The number of hydrogen-bond donors (Lipinski definition) is 1. The van der Waals surface area contributed by atoms with E-state index in [0.717, 1.165) is 39.0 Å². The number of amides is 2. The Labute approximate surface area is 117 Å². The lowest BCUT2D eigenvalue weighted by Crippen LogP contribution is -2.54. The van der Waals surface area contributed by atoms with Crippen molar-refractivity contribution in [1.82, 2.24) is 15.1 Å². The van der Waals surface area contributed by atoms with Crippen molar-refractivity contribution in [1.29, 1.82) is 0 Å². The van der Waals surface area contributed by atoms with Gasteiger partial charge in [0.05, 0.1) is 0 Å². The van der Waals surface area contributed by atoms with Crippen LogP contribution >= 0.6 is 0 Å². The lowest BCUT2D eigenvalue weighted by Gasteiger charge is -2.37. The molecule has 1 saturated heterocycles. The fraction of sp³-hybridized carbons (Fsp3) is 0.933. The summed E-state index contributed by atoms with van der Waals surface area (Å²) in [6.07, 6.45) is 7.53. The van der Waals surface area contributed by atoms with Gasteiger partial charge in [-0.2, -0.15) is 0 Å². The zero-order chi connectivity index (χ0) is 13.7. The van der Waals surface area contributed by atoms with Crippen LogP contribution in [-0.2, 0) is 0 Å². The Kier molecular flexibility index (Phi) is 5.49. The molecule has 0 radical (unpaired) electrons. The topological polar surface area (TPSA) is 35.6 Å². The molecule has 2 amide bonds. The molecule has 2 rings (SSSR count). The molecular formula is C15H29N3O. The van der Waals surface area contributed by atoms with Gasteiger partial charge in [-0.1, -0.05) is 25.7 Å². The molecule has 0 spiro atoms. The van der Waals surface area contributed by atoms with E-state index in [0.29, 0.717) is 12.1 Å². The SMILES string of the molecule is CC(C)N1CCN(C(=O)NC2CCCCCC2)CC1. The van der Waals surface area contributed by atoms with Gasteiger partial charge in [-0.15, -0.1) is 0 Å². The van der Waals surface area contributed by atoms with Gasteiger partial charge in [0.1, 0.15) is 0 Å². The second-order valence-electron chi connectivity index (χ2n) is 6.25. The maximum atomic E-state index is 12.3. The molecule has 0 bridgehead atoms. The van der Waals surface area contributed by atoms with Crippen LogP contribution in [0.3, 0.4) is 0 Å². The number of carbonyl (C=O) groups excluding carboxylic acids is 1. The molecule has 0 unspecified atom stereocenters. The van der Waals surface area contributed by atoms with Crippen LogP contribution in [0.25, 0.3) is 0 Å². The Balaban J connectivity index is 1.74. The summed E-state index contributed by atoms with van der Waals surface area (Å²) >= 11 is 0. The van der Waals surface area contributed by atoms with Crippen molar-refractivity contribution >= 4 is 6.03 Å². The van der Waals surface area contributed by atoms with E-state index in [1.165, 1.54) is 25.7 Å². The molecule has 0 aromatic heterocycles. The summed E-state index contributed by atoms with van der Waals surface area (Å²) in [7, 11) is 0. The summed E-state index contributed by atoms with van der Waals surface area (Å²) in [5, 5.41) is 3.24. The Morgan fingerprint density at radius 1 is 1.00 bits per heavy atom. The molecule has 110 valence electrons. The minimum Gasteiger partial charge on any atom is -0.335 e. The van der Waals surface area contributed by atoms with Crippen LogP contribution in [0.4, 0.5) is 4.79 Å². The fourth-order valence-corrected chi connectivity index (χ4v) is 3.13. The molecule has 0 atom stereocenters. The van der Waals surface area contributed by atoms with Crippen molar-refractivity contribution in [3.8, 4) is 0 Å². The first kappa shape index (κ1) is 14.6. The summed E-state index contributed by atoms with van der Waals surface area (Å²) in [5.74, 6) is 0. The average Bonchev–Trinajstić information content (AvgIpc) is 2.67. The zero-order valence-corrected chi connectivity index (χ0v) is 12.5. The molecule has 1 aliphatic carbocycles. The van der Waals surface area contributed by atoms with Gasteiger partial charge in [0.25, 0.3) is 0 Å². The van der Waals surface area contributed by atoms with Gasteiger partial charge >= 0.3 is 6.03 Å². The second-order valence-corrected chi connectivity index (χ2v) is 6.25. The van der Waals surface area contributed by atoms with E-state index in [1.54, 1.807) is 0 Å². The molecule has 0 aromatic rings. The van der Waals surface area contributed by atoms with Gasteiger partial charge in [-0.3, -0.25) is 4.90 Å². The predicted octanol–water partition coefficient (Wildman–Crippen LogP) is 2.44. The summed E-state index contributed by atoms with van der Waals surface area (Å²) in [5.41, 5.74) is 0. The molecule has 4 nitrogen and oxygen atoms in total. The third-order valence-electron chi connectivity index (χ3n) is 4.51. The number of hydrogen-bond acceptors (Lipinski definition) is 2. The number of nitrogens with zero attached hydrogens (tertiary/aromatic N) is 2. The summed E-state index contributed by atoms with van der Waals surface area (Å²) in [6.45, 7) is 8.21. The van der Waals surface area contributed by atoms with E-state index in [9.17, 15) is 4.79 Å². The quantitative estimate of drug-likeness (QED) is 0.780. The predicted molar refractivity (Wildman–Crippen MR) is 78.3 cm³/mol. The maximum absolute atomic E-state index is 12.3. The monoisotopic (exact) mass is 267 g/mol. The van der Waals surface area contributed by atoms with Crippen LogP contribution in [0.1, 0.15) is 52.4 Å². The van der Waals surface area contributed by atoms with Gasteiger partial charge in [0.15, 0.2) is 0 Å². The van der Waals surface area contributed by atoms with Crippen LogP contribution in [0.2, 0.25) is 0 Å². The summed E-state index contributed by atoms with van der Waals surface area (Å²) in [4.78, 5) is 16.7. The first-order chi connectivity index (χ1) is 9.16. The summed E-state index contributed by atoms with van der Waals surface area (Å²) in [6, 6.07) is 1.17. The number of piperazine rings is 1. The second kappa shape index (κ2) is 7.13. The van der Waals surface area contributed by atoms with E-state index in [-0.39, 0.29) is 6.03 Å². The highest BCUT2D eigenvalue weighted by molar-refractivity contribution is 5.74. The van der Waals surface area contributed by atoms with Crippen LogP contribution in [0.5, 0.6) is 0 Å². The smallest absolute Gasteiger partial charge is 0.317 e. The number of carbonyl (C=O) groups is 1. The van der Waals surface area contributed by atoms with Crippen LogP contribution in [0.15, 0.2) is 0 Å². The maximum Gasteiger partial charge on any atom is 0.317 e. The lowest BCUT2D eigenvalue weighted by atomic mass is 10.1. The minimum absolute atomic E-state index is 0.162. The fourth-order valence-electron chi connectivity index (χ4n) is 3.13. The van der Waals surface area contributed by atoms with Gasteiger partial charge in [0, 0.05) is 38.3 Å². The number of urea groups is 1. The van der Waals surface area contributed by atoms with Crippen molar-refractivity contribution in [2.24, 2.45) is 0 Å². The first-order valence-corrected chi connectivity index (χ1v) is 7.96. The minimum atomic E-state index is 0.162. The molecule has 1 N–H and O–H groups in total. The molecular weight excluding hydrogens is 238 g/mol. The Bertz CT molecular complexity index is 277. The van der Waals surface area contributed by atoms with Crippen molar-refractivity contribution in [2.75, 3.05) is 26.2 Å². The van der Waals surface area contributed by atoms with E-state index < -0.39 is 0 Å². The van der Waals surface area contributed by atoms with E-state index >= 15 is 0 Å². The Hall–Kier alpha value is -0.770. The zero-order valence-electron chi connectivity index (χ0n) is 12.5. The molecule has 1 aliphatic heterocycles. The average molecular weight is 267 g/mol. The van der Waals surface area contributed by atoms with Crippen LogP contribution in [-0.4, -0.2) is 54.1 Å². The molecule has 1 heterocycles. The van der Waals surface area contributed by atoms with Crippen molar-refractivity contribution in [3.63, 3.8) is 0 Å². The van der Waals surface area contributed by atoms with Gasteiger partial charge in [0.2, 0.25) is 0 Å². The molecule has 4 heteroatoms. The van der Waals surface area contributed by atoms with E-state index in [2.05, 4.69) is 24.1 Å². The van der Waals surface area contributed by atoms with E-state index in [4.69, 9.17) is 0 Å². The highest BCUT2D eigenvalue weighted by atomic mass is 16.2.